The number of nitrogens with zero attached hydrogens (tertiary/aromatic N) is 3. The van der Waals surface area contributed by atoms with Crippen LogP contribution in [0.25, 0.3) is 33.2 Å². The molecule has 0 saturated carbocycles. The molecular weight excluding hydrogens is 310 g/mol. The number of phenolic OH excluding ortho intramolecular Hbond substituents is 1. The van der Waals surface area contributed by atoms with Gasteiger partial charge in [0.1, 0.15) is 11.4 Å². The first kappa shape index (κ1) is 14.9. The topological polar surface area (TPSA) is 69.8 Å². The van der Waals surface area contributed by atoms with Crippen LogP contribution in [0.15, 0.2) is 72.9 Å². The van der Waals surface area contributed by atoms with Crippen molar-refractivity contribution in [3.8, 4) is 34.2 Å². The van der Waals surface area contributed by atoms with Crippen LogP contribution < -0.4 is 0 Å². The summed E-state index contributed by atoms with van der Waals surface area (Å²) in [4.78, 5) is 0. The average Bonchev–Trinajstić information content (AvgIpc) is 2.68. The molecule has 1 heterocycles. The minimum Gasteiger partial charge on any atom is -0.507 e. The Labute approximate surface area is 144 Å². The van der Waals surface area contributed by atoms with Crippen LogP contribution in [0.5, 0.6) is 5.75 Å². The second kappa shape index (κ2) is 6.06. The van der Waals surface area contributed by atoms with Crippen molar-refractivity contribution in [1.82, 2.24) is 10.2 Å². The average molecular weight is 323 g/mol. The van der Waals surface area contributed by atoms with Gasteiger partial charge in [-0.2, -0.15) is 10.4 Å². The van der Waals surface area contributed by atoms with E-state index >= 15 is 0 Å². The van der Waals surface area contributed by atoms with Crippen LogP contribution in [0.4, 0.5) is 0 Å². The Bertz CT molecular complexity index is 1130. The molecule has 1 aromatic heterocycles. The standard InChI is InChI=1S/C21H13N3O/c22-13-14-4-3-6-16(12-14)21-18(10-11-23-24-21)20-17-7-2-1-5-15(17)8-9-19(20)25/h1-12,25H. The van der Waals surface area contributed by atoms with Gasteiger partial charge < -0.3 is 5.11 Å². The van der Waals surface area contributed by atoms with E-state index in [1.54, 1.807) is 24.4 Å². The van der Waals surface area contributed by atoms with E-state index < -0.39 is 0 Å². The van der Waals surface area contributed by atoms with Gasteiger partial charge in [0.15, 0.2) is 0 Å². The molecule has 0 saturated heterocycles. The monoisotopic (exact) mass is 323 g/mol. The van der Waals surface area contributed by atoms with E-state index in [2.05, 4.69) is 16.3 Å². The summed E-state index contributed by atoms with van der Waals surface area (Å²) in [6, 6.07) is 22.6. The van der Waals surface area contributed by atoms with Crippen molar-refractivity contribution in [3.63, 3.8) is 0 Å². The fourth-order valence-electron chi connectivity index (χ4n) is 3.03. The summed E-state index contributed by atoms with van der Waals surface area (Å²) in [6.07, 6.45) is 1.61. The minimum absolute atomic E-state index is 0.185. The lowest BCUT2D eigenvalue weighted by Crippen LogP contribution is -1.93. The van der Waals surface area contributed by atoms with Crippen LogP contribution >= 0.6 is 0 Å². The normalized spacial score (nSPS) is 10.5. The minimum atomic E-state index is 0.185. The second-order valence-electron chi connectivity index (χ2n) is 5.67. The SMILES string of the molecule is N#Cc1cccc(-c2nnccc2-c2c(O)ccc3ccccc23)c1. The summed E-state index contributed by atoms with van der Waals surface area (Å²) in [5, 5.41) is 29.9. The number of fused-ring (bicyclic) bond motifs is 1. The van der Waals surface area contributed by atoms with Crippen LogP contribution in [0.1, 0.15) is 5.56 Å². The molecule has 0 radical (unpaired) electrons. The molecule has 4 heteroatoms. The van der Waals surface area contributed by atoms with Gasteiger partial charge in [-0.15, -0.1) is 5.10 Å². The number of rotatable bonds is 2. The Hall–Kier alpha value is -3.71. The van der Waals surface area contributed by atoms with Crippen LogP contribution in [0.2, 0.25) is 0 Å². The molecule has 4 aromatic rings. The maximum atomic E-state index is 10.5. The highest BCUT2D eigenvalue weighted by molar-refractivity contribution is 6.02. The maximum absolute atomic E-state index is 10.5. The molecule has 1 N–H and O–H groups in total. The molecule has 25 heavy (non-hydrogen) atoms. The molecule has 0 aliphatic carbocycles. The number of hydrogen-bond acceptors (Lipinski definition) is 4. The summed E-state index contributed by atoms with van der Waals surface area (Å²) < 4.78 is 0. The van der Waals surface area contributed by atoms with Gasteiger partial charge in [0.2, 0.25) is 0 Å². The molecule has 4 nitrogen and oxygen atoms in total. The number of aromatic hydroxyl groups is 1. The van der Waals surface area contributed by atoms with Gasteiger partial charge >= 0.3 is 0 Å². The van der Waals surface area contributed by atoms with E-state index in [-0.39, 0.29) is 5.75 Å². The fourth-order valence-corrected chi connectivity index (χ4v) is 3.03. The van der Waals surface area contributed by atoms with Gasteiger partial charge in [-0.25, -0.2) is 0 Å². The molecule has 0 unspecified atom stereocenters. The number of phenols is 1. The molecule has 4 rings (SSSR count). The van der Waals surface area contributed by atoms with E-state index in [0.29, 0.717) is 16.8 Å². The van der Waals surface area contributed by atoms with Gasteiger partial charge in [0, 0.05) is 16.7 Å². The largest absolute Gasteiger partial charge is 0.507 e. The maximum Gasteiger partial charge on any atom is 0.124 e. The molecule has 0 fully saturated rings. The molecule has 0 spiro atoms. The molecule has 3 aromatic carbocycles. The molecular formula is C21H13N3O. The number of hydrogen-bond donors (Lipinski definition) is 1. The van der Waals surface area contributed by atoms with Crippen molar-refractivity contribution in [2.45, 2.75) is 0 Å². The second-order valence-corrected chi connectivity index (χ2v) is 5.67. The highest BCUT2D eigenvalue weighted by Crippen LogP contribution is 2.40. The fraction of sp³-hybridized carbons (Fsp3) is 0. The van der Waals surface area contributed by atoms with Gasteiger partial charge in [0.25, 0.3) is 0 Å². The van der Waals surface area contributed by atoms with Crippen molar-refractivity contribution in [3.05, 3.63) is 78.5 Å². The molecule has 0 bridgehead atoms. The first-order chi connectivity index (χ1) is 12.3. The Morgan fingerprint density at radius 3 is 2.68 bits per heavy atom. The summed E-state index contributed by atoms with van der Waals surface area (Å²) in [6.45, 7) is 0. The highest BCUT2D eigenvalue weighted by Gasteiger charge is 2.16. The Morgan fingerprint density at radius 2 is 1.80 bits per heavy atom. The van der Waals surface area contributed by atoms with Crippen molar-refractivity contribution < 1.29 is 5.11 Å². The van der Waals surface area contributed by atoms with E-state index in [9.17, 15) is 5.11 Å². The van der Waals surface area contributed by atoms with E-state index in [0.717, 1.165) is 21.9 Å². The lowest BCUT2D eigenvalue weighted by atomic mass is 9.94. The zero-order chi connectivity index (χ0) is 17.2. The summed E-state index contributed by atoms with van der Waals surface area (Å²) >= 11 is 0. The van der Waals surface area contributed by atoms with E-state index in [1.165, 1.54) is 0 Å². The highest BCUT2D eigenvalue weighted by atomic mass is 16.3. The van der Waals surface area contributed by atoms with Crippen molar-refractivity contribution in [1.29, 1.82) is 5.26 Å². The predicted octanol–water partition coefficient (Wildman–Crippen LogP) is 4.54. The van der Waals surface area contributed by atoms with E-state index in [1.807, 2.05) is 48.5 Å². The van der Waals surface area contributed by atoms with Crippen molar-refractivity contribution in [2.24, 2.45) is 0 Å². The molecule has 118 valence electrons. The molecule has 0 atom stereocenters. The zero-order valence-electron chi connectivity index (χ0n) is 13.2. The van der Waals surface area contributed by atoms with Crippen LogP contribution in [0.3, 0.4) is 0 Å². The number of nitriles is 1. The lowest BCUT2D eigenvalue weighted by Gasteiger charge is -2.13. The summed E-state index contributed by atoms with van der Waals surface area (Å²) in [5.74, 6) is 0.185. The quantitative estimate of drug-likeness (QED) is 0.588. The van der Waals surface area contributed by atoms with Gasteiger partial charge in [-0.3, -0.25) is 0 Å². The Balaban J connectivity index is 2.03. The van der Waals surface area contributed by atoms with Gasteiger partial charge in [-0.1, -0.05) is 42.5 Å². The Morgan fingerprint density at radius 1 is 0.920 bits per heavy atom. The molecule has 0 aliphatic rings. The van der Waals surface area contributed by atoms with Crippen molar-refractivity contribution >= 4 is 10.8 Å². The number of aromatic nitrogens is 2. The van der Waals surface area contributed by atoms with Crippen LogP contribution in [-0.4, -0.2) is 15.3 Å². The third-order valence-corrected chi connectivity index (χ3v) is 4.16. The van der Waals surface area contributed by atoms with Crippen LogP contribution in [-0.2, 0) is 0 Å². The van der Waals surface area contributed by atoms with Crippen LogP contribution in [0, 0.1) is 11.3 Å². The number of benzene rings is 3. The first-order valence-corrected chi connectivity index (χ1v) is 7.81. The third kappa shape index (κ3) is 2.58. The summed E-state index contributed by atoms with van der Waals surface area (Å²) in [7, 11) is 0. The van der Waals surface area contributed by atoms with Crippen molar-refractivity contribution in [2.75, 3.05) is 0 Å². The zero-order valence-corrected chi connectivity index (χ0v) is 13.2. The van der Waals surface area contributed by atoms with Gasteiger partial charge in [0.05, 0.1) is 17.8 Å². The summed E-state index contributed by atoms with van der Waals surface area (Å²) in [5.41, 5.74) is 3.46. The third-order valence-electron chi connectivity index (χ3n) is 4.16. The van der Waals surface area contributed by atoms with Gasteiger partial charge in [-0.05, 0) is 35.0 Å². The smallest absolute Gasteiger partial charge is 0.124 e. The van der Waals surface area contributed by atoms with E-state index in [4.69, 9.17) is 5.26 Å². The first-order valence-electron chi connectivity index (χ1n) is 7.81. The Kier molecular flexibility index (Phi) is 3.60. The predicted molar refractivity (Wildman–Crippen MR) is 96.8 cm³/mol. The molecule has 0 aliphatic heterocycles. The lowest BCUT2D eigenvalue weighted by molar-refractivity contribution is 0.478. The molecule has 0 amide bonds.